The van der Waals surface area contributed by atoms with Gasteiger partial charge in [0.2, 0.25) is 5.88 Å². The fourth-order valence-electron chi connectivity index (χ4n) is 2.61. The van der Waals surface area contributed by atoms with Gasteiger partial charge in [0.25, 0.3) is 0 Å². The SMILES string of the molecule is CCOC(=O)C1=C(C)OC(N)=C(C#N)C1c1cc(Br)c(C)c(Br)c1O. The number of benzene rings is 1. The zero-order chi connectivity index (χ0) is 18.9. The summed E-state index contributed by atoms with van der Waals surface area (Å²) in [7, 11) is 0. The Morgan fingerprint density at radius 3 is 2.68 bits per heavy atom. The van der Waals surface area contributed by atoms with E-state index in [2.05, 4.69) is 31.9 Å². The minimum absolute atomic E-state index is 0.0339. The summed E-state index contributed by atoms with van der Waals surface area (Å²) in [4.78, 5) is 12.5. The summed E-state index contributed by atoms with van der Waals surface area (Å²) in [6.07, 6.45) is 0. The average Bonchev–Trinajstić information content (AvgIpc) is 2.55. The van der Waals surface area contributed by atoms with Crippen LogP contribution in [0.4, 0.5) is 0 Å². The second kappa shape index (κ2) is 7.50. The molecule has 0 aliphatic carbocycles. The molecular weight excluding hydrogens is 456 g/mol. The van der Waals surface area contributed by atoms with Gasteiger partial charge in [0.05, 0.1) is 22.6 Å². The molecule has 0 fully saturated rings. The molecule has 8 heteroatoms. The average molecular weight is 472 g/mol. The number of aromatic hydroxyl groups is 1. The van der Waals surface area contributed by atoms with E-state index < -0.39 is 11.9 Å². The number of hydrogen-bond acceptors (Lipinski definition) is 6. The summed E-state index contributed by atoms with van der Waals surface area (Å²) in [6, 6.07) is 3.63. The Morgan fingerprint density at radius 1 is 1.48 bits per heavy atom. The van der Waals surface area contributed by atoms with Gasteiger partial charge in [-0.1, -0.05) is 15.9 Å². The molecule has 0 saturated carbocycles. The van der Waals surface area contributed by atoms with Crippen molar-refractivity contribution in [1.82, 2.24) is 0 Å². The van der Waals surface area contributed by atoms with Crippen LogP contribution >= 0.6 is 31.9 Å². The van der Waals surface area contributed by atoms with Gasteiger partial charge in [-0.05, 0) is 48.3 Å². The molecule has 2 rings (SSSR count). The van der Waals surface area contributed by atoms with Crippen LogP contribution in [0.15, 0.2) is 37.8 Å². The van der Waals surface area contributed by atoms with E-state index in [1.54, 1.807) is 19.9 Å². The molecule has 1 heterocycles. The number of allylic oxidation sites excluding steroid dienone is 2. The van der Waals surface area contributed by atoms with Crippen LogP contribution in [0, 0.1) is 18.3 Å². The topological polar surface area (TPSA) is 106 Å². The highest BCUT2D eigenvalue weighted by molar-refractivity contribution is 9.11. The van der Waals surface area contributed by atoms with Crippen LogP contribution in [0.3, 0.4) is 0 Å². The van der Waals surface area contributed by atoms with Crippen molar-refractivity contribution in [2.45, 2.75) is 26.7 Å². The molecule has 0 radical (unpaired) electrons. The first kappa shape index (κ1) is 19.3. The van der Waals surface area contributed by atoms with E-state index in [-0.39, 0.29) is 35.1 Å². The molecule has 0 aromatic heterocycles. The second-order valence-electron chi connectivity index (χ2n) is 5.35. The standard InChI is InChI=1S/C17H16Br2N2O4/c1-4-24-17(23)12-8(3)25-16(21)10(6-20)13(12)9-5-11(18)7(2)14(19)15(9)22/h5,13,22H,4,21H2,1-3H3. The number of ether oxygens (including phenoxy) is 2. The number of nitrogens with zero attached hydrogens (tertiary/aromatic N) is 1. The van der Waals surface area contributed by atoms with Crippen molar-refractivity contribution < 1.29 is 19.4 Å². The van der Waals surface area contributed by atoms with E-state index in [1.807, 2.05) is 13.0 Å². The first-order chi connectivity index (χ1) is 11.7. The summed E-state index contributed by atoms with van der Waals surface area (Å²) in [6.45, 7) is 5.22. The molecule has 25 heavy (non-hydrogen) atoms. The van der Waals surface area contributed by atoms with Crippen molar-refractivity contribution in [3.8, 4) is 11.8 Å². The molecular formula is C17H16Br2N2O4. The van der Waals surface area contributed by atoms with E-state index in [1.165, 1.54) is 0 Å². The lowest BCUT2D eigenvalue weighted by atomic mass is 9.82. The number of nitrogens with two attached hydrogens (primary N) is 1. The molecule has 1 aromatic carbocycles. The Balaban J connectivity index is 2.78. The monoisotopic (exact) mass is 470 g/mol. The van der Waals surface area contributed by atoms with Crippen molar-refractivity contribution in [3.63, 3.8) is 0 Å². The van der Waals surface area contributed by atoms with E-state index in [0.29, 0.717) is 14.5 Å². The Kier molecular flexibility index (Phi) is 5.80. The molecule has 0 spiro atoms. The minimum Gasteiger partial charge on any atom is -0.506 e. The molecule has 3 N–H and O–H groups in total. The van der Waals surface area contributed by atoms with E-state index in [4.69, 9.17) is 15.2 Å². The molecule has 6 nitrogen and oxygen atoms in total. The van der Waals surface area contributed by atoms with Gasteiger partial charge in [0, 0.05) is 10.0 Å². The predicted octanol–water partition coefficient (Wildman–Crippen LogP) is 3.87. The molecule has 1 aromatic rings. The molecule has 0 saturated heterocycles. The first-order valence-corrected chi connectivity index (χ1v) is 8.96. The first-order valence-electron chi connectivity index (χ1n) is 7.37. The van der Waals surface area contributed by atoms with E-state index >= 15 is 0 Å². The number of phenols is 1. The summed E-state index contributed by atoms with van der Waals surface area (Å²) in [5.74, 6) is -1.48. The van der Waals surface area contributed by atoms with Crippen LogP contribution in [-0.2, 0) is 14.3 Å². The minimum atomic E-state index is -0.897. The summed E-state index contributed by atoms with van der Waals surface area (Å²) < 4.78 is 11.6. The van der Waals surface area contributed by atoms with Crippen LogP contribution in [0.2, 0.25) is 0 Å². The number of carbonyl (C=O) groups is 1. The molecule has 1 aliphatic rings. The molecule has 1 atom stereocenters. The molecule has 0 bridgehead atoms. The Morgan fingerprint density at radius 2 is 2.12 bits per heavy atom. The van der Waals surface area contributed by atoms with Crippen LogP contribution in [0.25, 0.3) is 0 Å². The molecule has 0 amide bonds. The lowest BCUT2D eigenvalue weighted by Crippen LogP contribution is -2.25. The number of hydrogen-bond donors (Lipinski definition) is 2. The maximum absolute atomic E-state index is 12.5. The van der Waals surface area contributed by atoms with Gasteiger partial charge in [-0.3, -0.25) is 0 Å². The fraction of sp³-hybridized carbons (Fsp3) is 0.294. The van der Waals surface area contributed by atoms with Gasteiger partial charge in [-0.2, -0.15) is 5.26 Å². The quantitative estimate of drug-likeness (QED) is 0.648. The van der Waals surface area contributed by atoms with Crippen molar-refractivity contribution in [2.24, 2.45) is 5.73 Å². The summed E-state index contributed by atoms with van der Waals surface area (Å²) in [5.41, 5.74) is 7.13. The number of rotatable bonds is 3. The Labute approximate surface area is 162 Å². The van der Waals surface area contributed by atoms with E-state index in [9.17, 15) is 15.2 Å². The van der Waals surface area contributed by atoms with Crippen LogP contribution in [-0.4, -0.2) is 17.7 Å². The third-order valence-corrected chi connectivity index (χ3v) is 5.66. The lowest BCUT2D eigenvalue weighted by Gasteiger charge is -2.28. The third-order valence-electron chi connectivity index (χ3n) is 3.86. The smallest absolute Gasteiger partial charge is 0.338 e. The van der Waals surface area contributed by atoms with Gasteiger partial charge in [-0.25, -0.2) is 4.79 Å². The Bertz CT molecular complexity index is 853. The largest absolute Gasteiger partial charge is 0.506 e. The number of nitriles is 1. The summed E-state index contributed by atoms with van der Waals surface area (Å²) in [5, 5.41) is 20.2. The van der Waals surface area contributed by atoms with Gasteiger partial charge in [-0.15, -0.1) is 0 Å². The van der Waals surface area contributed by atoms with Gasteiger partial charge < -0.3 is 20.3 Å². The lowest BCUT2D eigenvalue weighted by molar-refractivity contribution is -0.139. The van der Waals surface area contributed by atoms with Gasteiger partial charge >= 0.3 is 5.97 Å². The Hall–Kier alpha value is -1.98. The number of phenolic OH excluding ortho intramolecular Hbond substituents is 1. The number of halogens is 2. The molecule has 132 valence electrons. The van der Waals surface area contributed by atoms with Crippen LogP contribution < -0.4 is 5.73 Å². The molecule has 1 unspecified atom stereocenters. The van der Waals surface area contributed by atoms with Crippen molar-refractivity contribution >= 4 is 37.8 Å². The van der Waals surface area contributed by atoms with Crippen molar-refractivity contribution in [3.05, 3.63) is 48.9 Å². The predicted molar refractivity (Wildman–Crippen MR) is 98.2 cm³/mol. The number of esters is 1. The fourth-order valence-corrected chi connectivity index (χ4v) is 3.76. The summed E-state index contributed by atoms with van der Waals surface area (Å²) >= 11 is 6.76. The van der Waals surface area contributed by atoms with E-state index in [0.717, 1.165) is 5.56 Å². The number of carbonyl (C=O) groups excluding carboxylic acids is 1. The van der Waals surface area contributed by atoms with Crippen LogP contribution in [0.5, 0.6) is 5.75 Å². The van der Waals surface area contributed by atoms with Gasteiger partial charge in [0.15, 0.2) is 0 Å². The highest BCUT2D eigenvalue weighted by Gasteiger charge is 2.38. The second-order valence-corrected chi connectivity index (χ2v) is 7.00. The third kappa shape index (κ3) is 3.39. The van der Waals surface area contributed by atoms with Crippen molar-refractivity contribution in [1.29, 1.82) is 5.26 Å². The molecule has 1 aliphatic heterocycles. The highest BCUT2D eigenvalue weighted by Crippen LogP contribution is 2.47. The van der Waals surface area contributed by atoms with Gasteiger partial charge in [0.1, 0.15) is 23.2 Å². The zero-order valence-corrected chi connectivity index (χ0v) is 17.0. The normalized spacial score (nSPS) is 17.2. The maximum Gasteiger partial charge on any atom is 0.338 e. The van der Waals surface area contributed by atoms with Crippen molar-refractivity contribution in [2.75, 3.05) is 6.61 Å². The maximum atomic E-state index is 12.5. The highest BCUT2D eigenvalue weighted by atomic mass is 79.9. The zero-order valence-electron chi connectivity index (χ0n) is 13.8. The van der Waals surface area contributed by atoms with Crippen LogP contribution in [0.1, 0.15) is 30.9 Å².